The smallest absolute Gasteiger partial charge is 0.404 e. The Labute approximate surface area is 109 Å². The SMILES string of the molecule is CC(C)CN=C(N)Nc1ccccc1OC(F)(F)F. The normalized spacial score (nSPS) is 12.6. The average Bonchev–Trinajstić information content (AvgIpc) is 2.27. The zero-order chi connectivity index (χ0) is 14.5. The van der Waals surface area contributed by atoms with Crippen LogP contribution in [0.4, 0.5) is 18.9 Å². The maximum absolute atomic E-state index is 12.2. The third-order valence-electron chi connectivity index (χ3n) is 2.00. The Morgan fingerprint density at radius 2 is 2.00 bits per heavy atom. The van der Waals surface area contributed by atoms with Crippen LogP contribution in [0.5, 0.6) is 5.75 Å². The fraction of sp³-hybridized carbons (Fsp3) is 0.417. The van der Waals surface area contributed by atoms with Gasteiger partial charge in [-0.2, -0.15) is 0 Å². The van der Waals surface area contributed by atoms with Crippen LogP contribution in [-0.2, 0) is 0 Å². The van der Waals surface area contributed by atoms with Gasteiger partial charge in [0.25, 0.3) is 0 Å². The number of guanidine groups is 1. The Morgan fingerprint density at radius 3 is 2.58 bits per heavy atom. The van der Waals surface area contributed by atoms with Crippen LogP contribution in [0.1, 0.15) is 13.8 Å². The molecule has 0 aliphatic heterocycles. The number of benzene rings is 1. The molecule has 106 valence electrons. The first-order valence-corrected chi connectivity index (χ1v) is 5.69. The Morgan fingerprint density at radius 1 is 1.37 bits per heavy atom. The minimum Gasteiger partial charge on any atom is -0.404 e. The quantitative estimate of drug-likeness (QED) is 0.656. The van der Waals surface area contributed by atoms with E-state index in [-0.39, 0.29) is 17.4 Å². The highest BCUT2D eigenvalue weighted by molar-refractivity contribution is 5.93. The maximum Gasteiger partial charge on any atom is 0.573 e. The van der Waals surface area contributed by atoms with Gasteiger partial charge in [0.15, 0.2) is 11.7 Å². The van der Waals surface area contributed by atoms with Gasteiger partial charge in [0.1, 0.15) is 0 Å². The van der Waals surface area contributed by atoms with Crippen LogP contribution in [0.2, 0.25) is 0 Å². The summed E-state index contributed by atoms with van der Waals surface area (Å²) in [7, 11) is 0. The van der Waals surface area contributed by atoms with Crippen molar-refractivity contribution in [1.29, 1.82) is 0 Å². The van der Waals surface area contributed by atoms with Crippen molar-refractivity contribution < 1.29 is 17.9 Å². The van der Waals surface area contributed by atoms with Crippen LogP contribution in [0.3, 0.4) is 0 Å². The molecule has 3 N–H and O–H groups in total. The highest BCUT2D eigenvalue weighted by Crippen LogP contribution is 2.29. The van der Waals surface area contributed by atoms with E-state index in [0.29, 0.717) is 12.5 Å². The number of anilines is 1. The molecule has 0 fully saturated rings. The number of rotatable bonds is 4. The summed E-state index contributed by atoms with van der Waals surface area (Å²) >= 11 is 0. The molecule has 0 heterocycles. The fourth-order valence-electron chi connectivity index (χ4n) is 1.24. The molecule has 19 heavy (non-hydrogen) atoms. The van der Waals surface area contributed by atoms with Crippen molar-refractivity contribution in [2.24, 2.45) is 16.6 Å². The summed E-state index contributed by atoms with van der Waals surface area (Å²) in [6.45, 7) is 4.40. The van der Waals surface area contributed by atoms with Gasteiger partial charge in [0.2, 0.25) is 0 Å². The Hall–Kier alpha value is -1.92. The minimum absolute atomic E-state index is 0.0481. The second-order valence-electron chi connectivity index (χ2n) is 4.29. The molecule has 7 heteroatoms. The number of para-hydroxylation sites is 2. The van der Waals surface area contributed by atoms with Crippen molar-refractivity contribution in [3.05, 3.63) is 24.3 Å². The molecular formula is C12H16F3N3O. The lowest BCUT2D eigenvalue weighted by Gasteiger charge is -2.14. The maximum atomic E-state index is 12.2. The summed E-state index contributed by atoms with van der Waals surface area (Å²) in [5.41, 5.74) is 5.70. The van der Waals surface area contributed by atoms with Crippen molar-refractivity contribution in [3.63, 3.8) is 0 Å². The third-order valence-corrected chi connectivity index (χ3v) is 2.00. The van der Waals surface area contributed by atoms with Crippen LogP contribution in [-0.4, -0.2) is 18.9 Å². The predicted molar refractivity (Wildman–Crippen MR) is 68.1 cm³/mol. The highest BCUT2D eigenvalue weighted by atomic mass is 19.4. The van der Waals surface area contributed by atoms with E-state index in [1.54, 1.807) is 6.07 Å². The van der Waals surface area contributed by atoms with Gasteiger partial charge in [-0.15, -0.1) is 13.2 Å². The van der Waals surface area contributed by atoms with Crippen LogP contribution in [0.25, 0.3) is 0 Å². The molecular weight excluding hydrogens is 259 g/mol. The van der Waals surface area contributed by atoms with Gasteiger partial charge < -0.3 is 15.8 Å². The lowest BCUT2D eigenvalue weighted by molar-refractivity contribution is -0.274. The second-order valence-corrected chi connectivity index (χ2v) is 4.29. The molecule has 4 nitrogen and oxygen atoms in total. The number of ether oxygens (including phenoxy) is 1. The predicted octanol–water partition coefficient (Wildman–Crippen LogP) is 2.97. The molecule has 0 saturated heterocycles. The molecule has 0 aliphatic carbocycles. The number of halogens is 3. The lowest BCUT2D eigenvalue weighted by Crippen LogP contribution is -2.25. The van der Waals surface area contributed by atoms with Gasteiger partial charge in [-0.1, -0.05) is 26.0 Å². The molecule has 0 radical (unpaired) electrons. The first-order valence-electron chi connectivity index (χ1n) is 5.69. The molecule has 0 aliphatic rings. The zero-order valence-electron chi connectivity index (χ0n) is 10.7. The van der Waals surface area contributed by atoms with Crippen LogP contribution < -0.4 is 15.8 Å². The summed E-state index contributed by atoms with van der Waals surface area (Å²) < 4.78 is 40.5. The van der Waals surface area contributed by atoms with Crippen LogP contribution in [0.15, 0.2) is 29.3 Å². The van der Waals surface area contributed by atoms with E-state index in [9.17, 15) is 13.2 Å². The molecule has 1 aromatic carbocycles. The Balaban J connectivity index is 2.81. The van der Waals surface area contributed by atoms with E-state index in [0.717, 1.165) is 0 Å². The summed E-state index contributed by atoms with van der Waals surface area (Å²) in [6.07, 6.45) is -4.75. The third kappa shape index (κ3) is 5.98. The largest absolute Gasteiger partial charge is 0.573 e. The molecule has 0 amide bonds. The van der Waals surface area contributed by atoms with E-state index in [1.807, 2.05) is 13.8 Å². The van der Waals surface area contributed by atoms with Gasteiger partial charge in [0, 0.05) is 6.54 Å². The molecule has 0 saturated carbocycles. The van der Waals surface area contributed by atoms with E-state index >= 15 is 0 Å². The summed E-state index contributed by atoms with van der Waals surface area (Å²) in [4.78, 5) is 4.00. The van der Waals surface area contributed by atoms with Crippen LogP contribution in [0, 0.1) is 5.92 Å². The number of nitrogens with zero attached hydrogens (tertiary/aromatic N) is 1. The van der Waals surface area contributed by atoms with E-state index in [4.69, 9.17) is 5.73 Å². The van der Waals surface area contributed by atoms with E-state index in [2.05, 4.69) is 15.0 Å². The molecule has 1 aromatic rings. The first-order chi connectivity index (χ1) is 8.78. The fourth-order valence-corrected chi connectivity index (χ4v) is 1.24. The number of aliphatic imine (C=N–C) groups is 1. The van der Waals surface area contributed by atoms with Crippen molar-refractivity contribution >= 4 is 11.6 Å². The highest BCUT2D eigenvalue weighted by Gasteiger charge is 2.32. The van der Waals surface area contributed by atoms with E-state index < -0.39 is 6.36 Å². The monoisotopic (exact) mass is 275 g/mol. The molecule has 1 rings (SSSR count). The van der Waals surface area contributed by atoms with Gasteiger partial charge in [-0.05, 0) is 18.1 Å². The summed E-state index contributed by atoms with van der Waals surface area (Å²) in [5.74, 6) is 0.00615. The molecule has 0 atom stereocenters. The van der Waals surface area contributed by atoms with Crippen molar-refractivity contribution in [2.45, 2.75) is 20.2 Å². The second kappa shape index (κ2) is 6.31. The number of hydrogen-bond acceptors (Lipinski definition) is 2. The Bertz CT molecular complexity index is 444. The number of nitrogens with two attached hydrogens (primary N) is 1. The number of alkyl halides is 3. The Kier molecular flexibility index (Phi) is 5.02. The standard InChI is InChI=1S/C12H16F3N3O/c1-8(2)7-17-11(16)18-9-5-3-4-6-10(9)19-12(13,14)15/h3-6,8H,7H2,1-2H3,(H3,16,17,18). The average molecular weight is 275 g/mol. The molecule has 0 aromatic heterocycles. The summed E-state index contributed by atoms with van der Waals surface area (Å²) in [6, 6.07) is 5.64. The molecule has 0 bridgehead atoms. The van der Waals surface area contributed by atoms with Gasteiger partial charge in [-0.3, -0.25) is 4.99 Å². The van der Waals surface area contributed by atoms with Gasteiger partial charge in [0.05, 0.1) is 5.69 Å². The minimum atomic E-state index is -4.75. The van der Waals surface area contributed by atoms with Crippen molar-refractivity contribution in [1.82, 2.24) is 0 Å². The first kappa shape index (κ1) is 15.1. The number of nitrogens with one attached hydrogen (secondary N) is 1. The topological polar surface area (TPSA) is 59.6 Å². The lowest BCUT2D eigenvalue weighted by atomic mass is 10.2. The van der Waals surface area contributed by atoms with Crippen molar-refractivity contribution in [3.8, 4) is 5.75 Å². The molecule has 0 spiro atoms. The van der Waals surface area contributed by atoms with Crippen LogP contribution >= 0.6 is 0 Å². The summed E-state index contributed by atoms with van der Waals surface area (Å²) in [5, 5.41) is 2.59. The number of hydrogen-bond donors (Lipinski definition) is 2. The van der Waals surface area contributed by atoms with Gasteiger partial charge >= 0.3 is 6.36 Å². The molecule has 0 unspecified atom stereocenters. The van der Waals surface area contributed by atoms with Gasteiger partial charge in [-0.25, -0.2) is 0 Å². The zero-order valence-corrected chi connectivity index (χ0v) is 10.7. The van der Waals surface area contributed by atoms with E-state index in [1.165, 1.54) is 18.2 Å². The van der Waals surface area contributed by atoms with Crippen molar-refractivity contribution in [2.75, 3.05) is 11.9 Å².